The Balaban J connectivity index is 1.22. The summed E-state index contributed by atoms with van der Waals surface area (Å²) in [6.07, 6.45) is -4.20. The number of thioether (sulfide) groups is 1. The number of likely N-dealkylation sites (N-methyl/N-ethyl adjacent to an activating group) is 3. The zero-order valence-electron chi connectivity index (χ0n) is 64.8. The van der Waals surface area contributed by atoms with Crippen LogP contribution in [-0.2, 0) is 91.2 Å². The number of hydrogen-bond donors (Lipinski definition) is 13. The third kappa shape index (κ3) is 24.6. The zero-order chi connectivity index (χ0) is 82.2. The smallest absolute Gasteiger partial charge is 0.303 e. The molecule has 0 unspecified atom stereocenters. The Morgan fingerprint density at radius 3 is 1.38 bits per heavy atom. The van der Waals surface area contributed by atoms with Crippen LogP contribution >= 0.6 is 11.8 Å². The van der Waals surface area contributed by atoms with E-state index in [1.165, 1.54) is 58.5 Å². The summed E-state index contributed by atoms with van der Waals surface area (Å²) in [5.74, 6) is -14.5. The van der Waals surface area contributed by atoms with Gasteiger partial charge in [-0.05, 0) is 107 Å². The molecule has 3 heterocycles. The van der Waals surface area contributed by atoms with Gasteiger partial charge < -0.3 is 88.1 Å². The van der Waals surface area contributed by atoms with Gasteiger partial charge in [-0.15, -0.1) is 11.8 Å². The van der Waals surface area contributed by atoms with Crippen molar-refractivity contribution in [3.63, 3.8) is 0 Å². The first kappa shape index (κ1) is 88.4. The standard InChI is InChI=1S/C79H106N14O18S/c1-11-80-69(101)59-42-112-43-62(96)82-56(39-50-23-15-12-16-24-50)71(103)87-64(44(2)3)79(111)93-38-22-30-61(93)73(105)88-66(49(8)95)75(107)89-65(48(7)94)74(106)85-58(40-51-25-17-13-18-26-51)78(110)91(10)47(6)68(100)84-57(41-52-31-33-54(34-32-52)53-27-19-14-20-28-53)77(109)90(9)46(5)67(99)83-55(35-36-63(97)98)70(102)81-45(4)76(108)92-37-21-29-60(92)72(104)86-59/h12-20,23-28,31-34,44-49,55-61,64-66,94-95H,11,21-22,29-30,35-43H2,1-10H3,(H,80,101)(H,81,102)(H,82,96)(H,83,99)(H,84,100)(H,85,106)(H,86,104)(H,87,103)(H,88,105)(H,89,107)(H,97,98)/t45-,46-,47-,48+,49+,55-,56-,57-,58-,59-,60-,61-,64-,65-,66-/m0/s1. The predicted molar refractivity (Wildman–Crippen MR) is 414 cm³/mol. The monoisotopic (exact) mass is 1570 g/mol. The van der Waals surface area contributed by atoms with Gasteiger partial charge in [0.05, 0.1) is 18.0 Å². The Hall–Kier alpha value is -10.8. The molecule has 15 atom stereocenters. The van der Waals surface area contributed by atoms with Crippen LogP contribution in [-0.4, -0.2) is 260 Å². The molecular formula is C79H106N14O18S. The van der Waals surface area contributed by atoms with E-state index < -0.39 is 198 Å². The van der Waals surface area contributed by atoms with Gasteiger partial charge in [0.25, 0.3) is 0 Å². The van der Waals surface area contributed by atoms with Gasteiger partial charge in [0, 0.05) is 65.2 Å². The fraction of sp³-hybridized carbons (Fsp3) is 0.506. The van der Waals surface area contributed by atoms with E-state index in [9.17, 15) is 82.4 Å². The molecule has 3 aliphatic heterocycles. The fourth-order valence-corrected chi connectivity index (χ4v) is 14.2. The first-order valence-electron chi connectivity index (χ1n) is 37.7. The molecule has 32 nitrogen and oxygen atoms in total. The summed E-state index contributed by atoms with van der Waals surface area (Å²) in [5, 5.41) is 58.4. The molecule has 13 N–H and O–H groups in total. The van der Waals surface area contributed by atoms with Crippen LogP contribution in [0.1, 0.15) is 111 Å². The van der Waals surface area contributed by atoms with Crippen LogP contribution < -0.4 is 53.2 Å². The van der Waals surface area contributed by atoms with Crippen molar-refractivity contribution in [3.05, 3.63) is 132 Å². The van der Waals surface area contributed by atoms with Crippen molar-refractivity contribution >= 4 is 100 Å². The van der Waals surface area contributed by atoms with Crippen molar-refractivity contribution in [2.24, 2.45) is 5.92 Å². The van der Waals surface area contributed by atoms with Gasteiger partial charge in [-0.3, -0.25) is 71.9 Å². The second kappa shape index (κ2) is 42.0. The summed E-state index contributed by atoms with van der Waals surface area (Å²) in [4.78, 5) is 219. The molecule has 0 aliphatic carbocycles. The third-order valence-electron chi connectivity index (χ3n) is 20.1. The van der Waals surface area contributed by atoms with Gasteiger partial charge in [-0.25, -0.2) is 0 Å². The second-order valence-electron chi connectivity index (χ2n) is 28.9. The van der Waals surface area contributed by atoms with Gasteiger partial charge in [0.2, 0.25) is 82.7 Å². The number of aliphatic carboxylic acids is 1. The second-order valence-corrected chi connectivity index (χ2v) is 29.9. The van der Waals surface area contributed by atoms with E-state index in [1.807, 2.05) is 30.3 Å². The number of aliphatic hydroxyl groups excluding tert-OH is 2. The number of hydrogen-bond acceptors (Lipinski definition) is 18. The summed E-state index contributed by atoms with van der Waals surface area (Å²) in [7, 11) is 2.53. The van der Waals surface area contributed by atoms with Crippen molar-refractivity contribution in [1.29, 1.82) is 0 Å². The highest BCUT2D eigenvalue weighted by atomic mass is 32.2. The number of carbonyl (C=O) groups is 15. The number of amides is 14. The minimum Gasteiger partial charge on any atom is -0.481 e. The Morgan fingerprint density at radius 1 is 0.473 bits per heavy atom. The minimum atomic E-state index is -1.88. The lowest BCUT2D eigenvalue weighted by atomic mass is 9.99. The topological polar surface area (TPSA) is 450 Å². The van der Waals surface area contributed by atoms with E-state index in [1.54, 1.807) is 106 Å². The van der Waals surface area contributed by atoms with Crippen molar-refractivity contribution < 1.29 is 87.2 Å². The molecule has 0 bridgehead atoms. The SMILES string of the molecule is CCNC(=O)[C@@H]1CSCC(=O)N[C@@H](Cc2ccccc2)C(=O)N[C@@H](C(C)C)C(=O)N2CCC[C@H]2C(=O)N[C@@H]([C@@H](C)O)C(=O)N[C@@H]([C@@H](C)O)C(=O)N[C@@H](Cc2ccccc2)C(=O)N(C)[C@@H](C)C(=O)N[C@@H](Cc2ccc(-c3ccccc3)cc2)C(=O)N(C)[C@@H](C)C(=O)N[C@@H](CCC(=O)O)C(=O)N[C@@H](C)C(=O)N2CCC[C@H]2C(=O)N1. The normalized spacial score (nSPS) is 26.2. The molecule has 3 saturated heterocycles. The first-order valence-corrected chi connectivity index (χ1v) is 38.9. The molecule has 3 aliphatic rings. The van der Waals surface area contributed by atoms with E-state index in [0.717, 1.165) is 32.7 Å². The summed E-state index contributed by atoms with van der Waals surface area (Å²) in [6.45, 7) is 11.5. The number of fused-ring (bicyclic) bond motifs is 2. The molecule has 33 heteroatoms. The Morgan fingerprint density at radius 2 is 0.893 bits per heavy atom. The van der Waals surface area contributed by atoms with Crippen LogP contribution in [0.4, 0.5) is 0 Å². The highest BCUT2D eigenvalue weighted by Gasteiger charge is 2.44. The average Bonchev–Trinajstić information content (AvgIpc) is 1.33. The number of benzene rings is 4. The molecule has 0 aromatic heterocycles. The highest BCUT2D eigenvalue weighted by Crippen LogP contribution is 2.25. The van der Waals surface area contributed by atoms with Crippen LogP contribution in [0.5, 0.6) is 0 Å². The van der Waals surface area contributed by atoms with Gasteiger partial charge in [-0.1, -0.05) is 129 Å². The molecule has 606 valence electrons. The summed E-state index contributed by atoms with van der Waals surface area (Å²) in [5.41, 5.74) is 3.37. The Bertz CT molecular complexity index is 3990. The van der Waals surface area contributed by atoms with Gasteiger partial charge in [0.15, 0.2) is 0 Å². The Kier molecular flexibility index (Phi) is 33.2. The maximum atomic E-state index is 15.0. The highest BCUT2D eigenvalue weighted by molar-refractivity contribution is 8.00. The van der Waals surface area contributed by atoms with E-state index in [4.69, 9.17) is 0 Å². The average molecular weight is 1570 g/mol. The quantitative estimate of drug-likeness (QED) is 0.0720. The van der Waals surface area contributed by atoms with E-state index in [0.29, 0.717) is 23.1 Å². The maximum absolute atomic E-state index is 15.0. The molecule has 14 amide bonds. The fourth-order valence-electron chi connectivity index (χ4n) is 13.3. The lowest BCUT2D eigenvalue weighted by molar-refractivity contribution is -0.145. The number of carboxylic acid groups (broad SMARTS) is 1. The number of carbonyl (C=O) groups excluding carboxylic acids is 14. The Labute approximate surface area is 655 Å². The van der Waals surface area contributed by atoms with Crippen molar-refractivity contribution in [3.8, 4) is 11.1 Å². The molecular weight excluding hydrogens is 1470 g/mol. The van der Waals surface area contributed by atoms with E-state index >= 15 is 4.79 Å². The lowest BCUT2D eigenvalue weighted by Crippen LogP contribution is -2.63. The summed E-state index contributed by atoms with van der Waals surface area (Å²) >= 11 is 0.939. The van der Waals surface area contributed by atoms with Crippen molar-refractivity contribution in [2.45, 2.75) is 204 Å². The molecule has 7 rings (SSSR count). The van der Waals surface area contributed by atoms with Crippen LogP contribution in [0.25, 0.3) is 11.1 Å². The zero-order valence-corrected chi connectivity index (χ0v) is 65.6. The van der Waals surface area contributed by atoms with Gasteiger partial charge in [0.1, 0.15) is 78.5 Å². The van der Waals surface area contributed by atoms with Gasteiger partial charge in [-0.2, -0.15) is 0 Å². The molecule has 0 radical (unpaired) electrons. The van der Waals surface area contributed by atoms with Crippen LogP contribution in [0.2, 0.25) is 0 Å². The number of carboxylic acids is 1. The first-order chi connectivity index (χ1) is 53.2. The molecule has 0 saturated carbocycles. The predicted octanol–water partition coefficient (Wildman–Crippen LogP) is -0.394. The van der Waals surface area contributed by atoms with Crippen LogP contribution in [0.15, 0.2) is 115 Å². The molecule has 4 aromatic carbocycles. The van der Waals surface area contributed by atoms with Crippen LogP contribution in [0, 0.1) is 5.92 Å². The number of nitrogens with one attached hydrogen (secondary N) is 10. The minimum absolute atomic E-state index is 0.0186. The molecule has 112 heavy (non-hydrogen) atoms. The van der Waals surface area contributed by atoms with Crippen LogP contribution in [0.3, 0.4) is 0 Å². The molecule has 4 aromatic rings. The molecule has 3 fully saturated rings. The van der Waals surface area contributed by atoms with Crippen molar-refractivity contribution in [2.75, 3.05) is 45.2 Å². The summed E-state index contributed by atoms with van der Waals surface area (Å²) < 4.78 is 0. The number of aliphatic hydroxyl groups is 2. The number of nitrogens with zero attached hydrogens (tertiary/aromatic N) is 4. The van der Waals surface area contributed by atoms with E-state index in [2.05, 4.69) is 53.2 Å². The van der Waals surface area contributed by atoms with Crippen molar-refractivity contribution in [1.82, 2.24) is 72.8 Å². The van der Waals surface area contributed by atoms with E-state index in [-0.39, 0.29) is 69.7 Å². The maximum Gasteiger partial charge on any atom is 0.303 e. The third-order valence-corrected chi connectivity index (χ3v) is 21.1. The largest absolute Gasteiger partial charge is 0.481 e. The lowest BCUT2D eigenvalue weighted by Gasteiger charge is -2.33. The summed E-state index contributed by atoms with van der Waals surface area (Å²) in [6, 6.07) is 14.5. The van der Waals surface area contributed by atoms with Gasteiger partial charge >= 0.3 is 5.97 Å². The number of rotatable bonds is 15. The molecule has 0 spiro atoms.